The minimum absolute atomic E-state index is 0.814. The highest BCUT2D eigenvalue weighted by molar-refractivity contribution is 5.02. The van der Waals surface area contributed by atoms with E-state index < -0.39 is 0 Å². The summed E-state index contributed by atoms with van der Waals surface area (Å²) in [7, 11) is 2.21. The molecule has 0 aliphatic carbocycles. The lowest BCUT2D eigenvalue weighted by Gasteiger charge is -2.27. The van der Waals surface area contributed by atoms with Crippen LogP contribution < -0.4 is 5.32 Å². The number of nitrogens with one attached hydrogen (secondary N) is 1. The summed E-state index contributed by atoms with van der Waals surface area (Å²) in [4.78, 5) is 6.72. The van der Waals surface area contributed by atoms with Crippen LogP contribution in [0.25, 0.3) is 0 Å². The van der Waals surface area contributed by atoms with Gasteiger partial charge in [0.1, 0.15) is 0 Å². The van der Waals surface area contributed by atoms with Crippen LogP contribution in [0.3, 0.4) is 0 Å². The molecule has 0 radical (unpaired) electrons. The maximum atomic E-state index is 5.39. The average molecular weight is 263 g/mol. The Labute approximate surface area is 116 Å². The smallest absolute Gasteiger partial charge is 0.0541 e. The van der Waals surface area contributed by atoms with Gasteiger partial charge in [-0.05, 0) is 37.9 Å². The third-order valence-electron chi connectivity index (χ3n) is 3.61. The molecule has 2 rings (SSSR count). The van der Waals surface area contributed by atoms with E-state index in [1.165, 1.54) is 19.4 Å². The van der Waals surface area contributed by atoms with Crippen LogP contribution in [-0.2, 0) is 11.3 Å². The monoisotopic (exact) mass is 263 g/mol. The van der Waals surface area contributed by atoms with Gasteiger partial charge in [-0.3, -0.25) is 4.98 Å². The summed E-state index contributed by atoms with van der Waals surface area (Å²) in [5.74, 6) is 0.814. The Bertz CT molecular complexity index is 339. The maximum Gasteiger partial charge on any atom is 0.0541 e. The summed E-state index contributed by atoms with van der Waals surface area (Å²) >= 11 is 0. The number of likely N-dealkylation sites (N-methyl/N-ethyl adjacent to an activating group) is 1. The highest BCUT2D eigenvalue weighted by Gasteiger charge is 2.15. The molecule has 1 aliphatic heterocycles. The molecule has 106 valence electrons. The van der Waals surface area contributed by atoms with Crippen molar-refractivity contribution in [1.29, 1.82) is 0 Å². The Morgan fingerprint density at radius 1 is 1.37 bits per heavy atom. The van der Waals surface area contributed by atoms with Crippen molar-refractivity contribution in [1.82, 2.24) is 15.2 Å². The second-order valence-corrected chi connectivity index (χ2v) is 5.32. The minimum Gasteiger partial charge on any atom is -0.381 e. The van der Waals surface area contributed by atoms with Gasteiger partial charge in [-0.25, -0.2) is 0 Å². The molecule has 19 heavy (non-hydrogen) atoms. The fourth-order valence-electron chi connectivity index (χ4n) is 2.45. The van der Waals surface area contributed by atoms with Crippen LogP contribution in [0, 0.1) is 5.92 Å². The van der Waals surface area contributed by atoms with Crippen LogP contribution in [0.15, 0.2) is 24.4 Å². The zero-order chi connectivity index (χ0) is 13.3. The van der Waals surface area contributed by atoms with E-state index >= 15 is 0 Å². The molecule has 1 fully saturated rings. The summed E-state index contributed by atoms with van der Waals surface area (Å²) in [6, 6.07) is 6.03. The van der Waals surface area contributed by atoms with Gasteiger partial charge in [0, 0.05) is 45.6 Å². The van der Waals surface area contributed by atoms with Crippen molar-refractivity contribution in [2.45, 2.75) is 19.4 Å². The largest absolute Gasteiger partial charge is 0.381 e. The maximum absolute atomic E-state index is 5.39. The van der Waals surface area contributed by atoms with Gasteiger partial charge in [-0.15, -0.1) is 0 Å². The van der Waals surface area contributed by atoms with Gasteiger partial charge in [0.25, 0.3) is 0 Å². The molecule has 1 aromatic rings. The molecule has 0 unspecified atom stereocenters. The summed E-state index contributed by atoms with van der Waals surface area (Å²) in [5, 5.41) is 3.44. The van der Waals surface area contributed by atoms with Crippen LogP contribution >= 0.6 is 0 Å². The molecule has 0 saturated carbocycles. The van der Waals surface area contributed by atoms with Crippen LogP contribution in [-0.4, -0.2) is 49.8 Å². The third kappa shape index (κ3) is 5.68. The van der Waals surface area contributed by atoms with Crippen LogP contribution in [0.2, 0.25) is 0 Å². The van der Waals surface area contributed by atoms with Gasteiger partial charge in [0.2, 0.25) is 0 Å². The van der Waals surface area contributed by atoms with E-state index in [0.29, 0.717) is 0 Å². The van der Waals surface area contributed by atoms with Gasteiger partial charge in [-0.2, -0.15) is 0 Å². The third-order valence-corrected chi connectivity index (χ3v) is 3.61. The van der Waals surface area contributed by atoms with E-state index in [9.17, 15) is 0 Å². The fourth-order valence-corrected chi connectivity index (χ4v) is 2.45. The van der Waals surface area contributed by atoms with E-state index in [1.54, 1.807) is 0 Å². The molecule has 0 aromatic carbocycles. The molecule has 0 atom stereocenters. The lowest BCUT2D eigenvalue weighted by Crippen LogP contribution is -2.34. The standard InChI is InChI=1S/C15H25N3O/c1-18(13-14-5-10-19-11-6-14)9-8-16-12-15-4-2-3-7-17-15/h2-4,7,14,16H,5-6,8-13H2,1H3. The molecule has 1 N–H and O–H groups in total. The van der Waals surface area contributed by atoms with Gasteiger partial charge < -0.3 is 15.0 Å². The first-order chi connectivity index (χ1) is 9.34. The van der Waals surface area contributed by atoms with E-state index in [2.05, 4.69) is 28.3 Å². The normalized spacial score (nSPS) is 16.9. The first-order valence-electron chi connectivity index (χ1n) is 7.21. The van der Waals surface area contributed by atoms with Crippen LogP contribution in [0.5, 0.6) is 0 Å². The quantitative estimate of drug-likeness (QED) is 0.757. The topological polar surface area (TPSA) is 37.4 Å². The number of aromatic nitrogens is 1. The van der Waals surface area contributed by atoms with Crippen LogP contribution in [0.1, 0.15) is 18.5 Å². The van der Waals surface area contributed by atoms with E-state index in [0.717, 1.165) is 44.5 Å². The van der Waals surface area contributed by atoms with Gasteiger partial charge in [0.15, 0.2) is 0 Å². The predicted molar refractivity (Wildman–Crippen MR) is 77.0 cm³/mol. The van der Waals surface area contributed by atoms with Gasteiger partial charge in [0.05, 0.1) is 5.69 Å². The molecule has 0 amide bonds. The number of rotatable bonds is 7. The number of ether oxygens (including phenoxy) is 1. The molecular weight excluding hydrogens is 238 g/mol. The van der Waals surface area contributed by atoms with Crippen molar-refractivity contribution in [2.75, 3.05) is 39.9 Å². The lowest BCUT2D eigenvalue weighted by molar-refractivity contribution is 0.0558. The summed E-state index contributed by atoms with van der Waals surface area (Å²) in [5.41, 5.74) is 1.11. The fraction of sp³-hybridized carbons (Fsp3) is 0.667. The van der Waals surface area contributed by atoms with Crippen molar-refractivity contribution in [2.24, 2.45) is 5.92 Å². The Hall–Kier alpha value is -0.970. The molecule has 0 spiro atoms. The molecule has 4 heteroatoms. The predicted octanol–water partition coefficient (Wildman–Crippen LogP) is 1.53. The number of hydrogen-bond acceptors (Lipinski definition) is 4. The van der Waals surface area contributed by atoms with Crippen molar-refractivity contribution < 1.29 is 4.74 Å². The minimum atomic E-state index is 0.814. The Morgan fingerprint density at radius 2 is 2.21 bits per heavy atom. The highest BCUT2D eigenvalue weighted by atomic mass is 16.5. The average Bonchev–Trinajstić information content (AvgIpc) is 2.46. The second-order valence-electron chi connectivity index (χ2n) is 5.32. The van der Waals surface area contributed by atoms with Crippen molar-refractivity contribution in [3.05, 3.63) is 30.1 Å². The Morgan fingerprint density at radius 3 is 2.95 bits per heavy atom. The summed E-state index contributed by atoms with van der Waals surface area (Å²) < 4.78 is 5.39. The molecular formula is C15H25N3O. The molecule has 1 aromatic heterocycles. The first kappa shape index (κ1) is 14.4. The zero-order valence-electron chi connectivity index (χ0n) is 11.8. The Balaban J connectivity index is 1.55. The van der Waals surface area contributed by atoms with E-state index in [1.807, 2.05) is 18.3 Å². The molecule has 1 saturated heterocycles. The number of hydrogen-bond donors (Lipinski definition) is 1. The molecule has 1 aliphatic rings. The second kappa shape index (κ2) is 8.25. The molecule has 2 heterocycles. The van der Waals surface area contributed by atoms with E-state index in [4.69, 9.17) is 4.74 Å². The number of pyridine rings is 1. The highest BCUT2D eigenvalue weighted by Crippen LogP contribution is 2.15. The first-order valence-corrected chi connectivity index (χ1v) is 7.21. The van der Waals surface area contributed by atoms with Gasteiger partial charge in [-0.1, -0.05) is 6.07 Å². The molecule has 4 nitrogen and oxygen atoms in total. The van der Waals surface area contributed by atoms with Gasteiger partial charge >= 0.3 is 0 Å². The lowest BCUT2D eigenvalue weighted by atomic mass is 10.00. The summed E-state index contributed by atoms with van der Waals surface area (Å²) in [6.07, 6.45) is 4.27. The zero-order valence-corrected chi connectivity index (χ0v) is 11.8. The molecule has 0 bridgehead atoms. The SMILES string of the molecule is CN(CCNCc1ccccn1)CC1CCOCC1. The van der Waals surface area contributed by atoms with Crippen molar-refractivity contribution >= 4 is 0 Å². The van der Waals surface area contributed by atoms with Crippen molar-refractivity contribution in [3.8, 4) is 0 Å². The van der Waals surface area contributed by atoms with Crippen molar-refractivity contribution in [3.63, 3.8) is 0 Å². The summed E-state index contributed by atoms with van der Waals surface area (Å²) in [6.45, 7) is 6.02. The van der Waals surface area contributed by atoms with E-state index in [-0.39, 0.29) is 0 Å². The Kier molecular flexibility index (Phi) is 6.27. The number of nitrogens with zero attached hydrogens (tertiary/aromatic N) is 2. The van der Waals surface area contributed by atoms with Crippen LogP contribution in [0.4, 0.5) is 0 Å².